The van der Waals surface area contributed by atoms with E-state index in [9.17, 15) is 18.0 Å². The Morgan fingerprint density at radius 3 is 2.62 bits per heavy atom. The molecule has 0 amide bonds. The van der Waals surface area contributed by atoms with E-state index < -0.39 is 18.8 Å². The zero-order chi connectivity index (χ0) is 12.1. The van der Waals surface area contributed by atoms with Crippen LogP contribution in [0.3, 0.4) is 0 Å². The highest BCUT2D eigenvalue weighted by atomic mass is 19.3. The van der Waals surface area contributed by atoms with Gasteiger partial charge in [-0.15, -0.1) is 0 Å². The molecule has 0 bridgehead atoms. The minimum atomic E-state index is -2.66. The van der Waals surface area contributed by atoms with E-state index in [2.05, 4.69) is 4.74 Å². The molecule has 0 fully saturated rings. The molecule has 0 aliphatic rings. The number of alkyl halides is 2. The highest BCUT2D eigenvalue weighted by Crippen LogP contribution is 2.19. The van der Waals surface area contributed by atoms with Crippen LogP contribution in [-0.4, -0.2) is 18.8 Å². The van der Waals surface area contributed by atoms with Crippen LogP contribution in [0.1, 0.15) is 23.7 Å². The second kappa shape index (κ2) is 5.53. The van der Waals surface area contributed by atoms with E-state index in [1.807, 2.05) is 0 Å². The lowest BCUT2D eigenvalue weighted by atomic mass is 10.1. The molecule has 1 rings (SSSR count). The maximum absolute atomic E-state index is 13.3. The van der Waals surface area contributed by atoms with Crippen molar-refractivity contribution in [1.29, 1.82) is 0 Å². The third kappa shape index (κ3) is 3.25. The summed E-state index contributed by atoms with van der Waals surface area (Å²) in [6.07, 6.45) is -2.40. The Balaban J connectivity index is 2.79. The summed E-state index contributed by atoms with van der Waals surface area (Å²) in [6, 6.07) is 3.53. The number of benzene rings is 1. The zero-order valence-electron chi connectivity index (χ0n) is 8.67. The molecule has 0 spiro atoms. The second-order valence-corrected chi connectivity index (χ2v) is 3.12. The lowest BCUT2D eigenvalue weighted by Crippen LogP contribution is -2.08. The summed E-state index contributed by atoms with van der Waals surface area (Å²) in [5.41, 5.74) is 0.212. The summed E-state index contributed by atoms with van der Waals surface area (Å²) in [7, 11) is 0. The van der Waals surface area contributed by atoms with Crippen molar-refractivity contribution in [2.75, 3.05) is 6.61 Å². The Morgan fingerprint density at radius 1 is 1.44 bits per heavy atom. The molecule has 1 aromatic rings. The Hall–Kier alpha value is -1.52. The topological polar surface area (TPSA) is 26.3 Å². The number of rotatable bonds is 5. The van der Waals surface area contributed by atoms with Gasteiger partial charge < -0.3 is 4.74 Å². The quantitative estimate of drug-likeness (QED) is 0.729. The molecule has 88 valence electrons. The van der Waals surface area contributed by atoms with Crippen LogP contribution in [0.15, 0.2) is 18.2 Å². The summed E-state index contributed by atoms with van der Waals surface area (Å²) < 4.78 is 41.4. The average Bonchev–Trinajstić information content (AvgIpc) is 2.26. The van der Waals surface area contributed by atoms with Crippen molar-refractivity contribution in [3.8, 4) is 5.75 Å². The first-order valence-corrected chi connectivity index (χ1v) is 4.78. The molecular formula is C11H11F3O2. The van der Waals surface area contributed by atoms with Crippen LogP contribution in [0.5, 0.6) is 5.75 Å². The number of ether oxygens (including phenoxy) is 1. The number of carbonyl (C=O) groups excluding carboxylic acids is 1. The number of hydrogen-bond acceptors (Lipinski definition) is 2. The van der Waals surface area contributed by atoms with Gasteiger partial charge in [-0.25, -0.2) is 13.2 Å². The number of Topliss-reactive ketones (excluding diaryl/α,β-unsaturated/α-hetero) is 1. The molecule has 0 aliphatic carbocycles. The number of ketones is 1. The maximum atomic E-state index is 13.3. The average molecular weight is 232 g/mol. The molecule has 0 aromatic heterocycles. The lowest BCUT2D eigenvalue weighted by molar-refractivity contribution is 0.0798. The van der Waals surface area contributed by atoms with Crippen molar-refractivity contribution in [3.05, 3.63) is 29.6 Å². The molecule has 0 saturated carbocycles. The fourth-order valence-electron chi connectivity index (χ4n) is 1.15. The molecule has 0 radical (unpaired) electrons. The number of carbonyl (C=O) groups is 1. The van der Waals surface area contributed by atoms with E-state index in [0.29, 0.717) is 0 Å². The van der Waals surface area contributed by atoms with Gasteiger partial charge in [-0.1, -0.05) is 6.92 Å². The highest BCUT2D eigenvalue weighted by molar-refractivity contribution is 5.95. The summed E-state index contributed by atoms with van der Waals surface area (Å²) in [5.74, 6) is -1.28. The molecule has 0 N–H and O–H groups in total. The molecule has 16 heavy (non-hydrogen) atoms. The molecule has 0 saturated heterocycles. The van der Waals surface area contributed by atoms with Gasteiger partial charge in [-0.2, -0.15) is 0 Å². The Bertz CT molecular complexity index is 377. The summed E-state index contributed by atoms with van der Waals surface area (Å²) >= 11 is 0. The molecule has 2 nitrogen and oxygen atoms in total. The van der Waals surface area contributed by atoms with Gasteiger partial charge in [0.25, 0.3) is 6.43 Å². The first-order chi connectivity index (χ1) is 7.54. The van der Waals surface area contributed by atoms with Gasteiger partial charge in [-0.3, -0.25) is 4.79 Å². The fraction of sp³-hybridized carbons (Fsp3) is 0.364. The standard InChI is InChI=1S/C11H11F3O2/c1-2-9(15)7-3-4-10(8(12)5-7)16-6-11(13)14/h3-5,11H,2,6H2,1H3. The van der Waals surface area contributed by atoms with Gasteiger partial charge in [0.05, 0.1) is 0 Å². The number of hydrogen-bond donors (Lipinski definition) is 0. The molecular weight excluding hydrogens is 221 g/mol. The third-order valence-corrected chi connectivity index (χ3v) is 1.94. The molecule has 5 heteroatoms. The van der Waals surface area contributed by atoms with Crippen molar-refractivity contribution in [2.24, 2.45) is 0 Å². The summed E-state index contributed by atoms with van der Waals surface area (Å²) in [6.45, 7) is 0.791. The minimum absolute atomic E-state index is 0.209. The second-order valence-electron chi connectivity index (χ2n) is 3.12. The van der Waals surface area contributed by atoms with Gasteiger partial charge in [0.2, 0.25) is 0 Å². The SMILES string of the molecule is CCC(=O)c1ccc(OCC(F)F)c(F)c1. The van der Waals surface area contributed by atoms with Crippen LogP contribution >= 0.6 is 0 Å². The minimum Gasteiger partial charge on any atom is -0.485 e. The maximum Gasteiger partial charge on any atom is 0.272 e. The van der Waals surface area contributed by atoms with E-state index in [1.165, 1.54) is 12.1 Å². The summed E-state index contributed by atoms with van der Waals surface area (Å²) in [5, 5.41) is 0. The van der Waals surface area contributed by atoms with E-state index >= 15 is 0 Å². The fourth-order valence-corrected chi connectivity index (χ4v) is 1.15. The van der Waals surface area contributed by atoms with E-state index in [1.54, 1.807) is 6.92 Å². The van der Waals surface area contributed by atoms with Crippen molar-refractivity contribution in [1.82, 2.24) is 0 Å². The molecule has 0 heterocycles. The smallest absolute Gasteiger partial charge is 0.272 e. The molecule has 1 aromatic carbocycles. The molecule has 0 unspecified atom stereocenters. The zero-order valence-corrected chi connectivity index (χ0v) is 8.67. The van der Waals surface area contributed by atoms with Gasteiger partial charge >= 0.3 is 0 Å². The van der Waals surface area contributed by atoms with Crippen LogP contribution in [0, 0.1) is 5.82 Å². The normalized spacial score (nSPS) is 10.6. The predicted molar refractivity (Wildman–Crippen MR) is 52.5 cm³/mol. The van der Waals surface area contributed by atoms with E-state index in [4.69, 9.17) is 0 Å². The van der Waals surface area contributed by atoms with Crippen molar-refractivity contribution in [2.45, 2.75) is 19.8 Å². The Labute approximate surface area is 91.0 Å². The monoisotopic (exact) mass is 232 g/mol. The third-order valence-electron chi connectivity index (χ3n) is 1.94. The molecule has 0 atom stereocenters. The van der Waals surface area contributed by atoms with Crippen molar-refractivity contribution >= 4 is 5.78 Å². The van der Waals surface area contributed by atoms with Crippen LogP contribution < -0.4 is 4.74 Å². The van der Waals surface area contributed by atoms with Crippen LogP contribution in [0.4, 0.5) is 13.2 Å². The molecule has 0 aliphatic heterocycles. The van der Waals surface area contributed by atoms with Crippen molar-refractivity contribution < 1.29 is 22.7 Å². The van der Waals surface area contributed by atoms with Gasteiger partial charge in [0, 0.05) is 12.0 Å². The lowest BCUT2D eigenvalue weighted by Gasteiger charge is -2.07. The number of halogens is 3. The van der Waals surface area contributed by atoms with E-state index in [0.717, 1.165) is 6.07 Å². The van der Waals surface area contributed by atoms with Gasteiger partial charge in [-0.05, 0) is 18.2 Å². The highest BCUT2D eigenvalue weighted by Gasteiger charge is 2.11. The van der Waals surface area contributed by atoms with Crippen molar-refractivity contribution in [3.63, 3.8) is 0 Å². The van der Waals surface area contributed by atoms with E-state index in [-0.39, 0.29) is 23.5 Å². The van der Waals surface area contributed by atoms with Crippen LogP contribution in [0.25, 0.3) is 0 Å². The largest absolute Gasteiger partial charge is 0.485 e. The first-order valence-electron chi connectivity index (χ1n) is 4.78. The Morgan fingerprint density at radius 2 is 2.12 bits per heavy atom. The van der Waals surface area contributed by atoms with Crippen LogP contribution in [-0.2, 0) is 0 Å². The van der Waals surface area contributed by atoms with Gasteiger partial charge in [0.1, 0.15) is 6.61 Å². The Kier molecular flexibility index (Phi) is 4.34. The van der Waals surface area contributed by atoms with Crippen LogP contribution in [0.2, 0.25) is 0 Å². The summed E-state index contributed by atoms with van der Waals surface area (Å²) in [4.78, 5) is 11.2. The van der Waals surface area contributed by atoms with Gasteiger partial charge in [0.15, 0.2) is 17.3 Å². The first kappa shape index (κ1) is 12.5. The predicted octanol–water partition coefficient (Wildman–Crippen LogP) is 3.06.